The number of amides is 1. The largest absolute Gasteiger partial charge is 0.417 e. The number of carbonyl (C=O) groups is 1. The van der Waals surface area contributed by atoms with Crippen molar-refractivity contribution in [3.05, 3.63) is 104 Å². The molecule has 35 heavy (non-hydrogen) atoms. The lowest BCUT2D eigenvalue weighted by Gasteiger charge is -2.19. The Balaban J connectivity index is 1.58. The maximum atomic E-state index is 13.3. The van der Waals surface area contributed by atoms with Crippen molar-refractivity contribution in [2.75, 3.05) is 5.32 Å². The van der Waals surface area contributed by atoms with Gasteiger partial charge in [0.15, 0.2) is 0 Å². The van der Waals surface area contributed by atoms with E-state index in [0.29, 0.717) is 16.7 Å². The lowest BCUT2D eigenvalue weighted by atomic mass is 9.90. The Hall–Kier alpha value is -4.14. The molecule has 2 N–H and O–H groups in total. The number of nitrogens with zero attached hydrogens (tertiary/aromatic N) is 1. The molecule has 0 aliphatic heterocycles. The second kappa shape index (κ2) is 8.57. The fourth-order valence-electron chi connectivity index (χ4n) is 4.63. The van der Waals surface area contributed by atoms with Gasteiger partial charge in [-0.2, -0.15) is 13.2 Å². The predicted octanol–water partition coefficient (Wildman–Crippen LogP) is 4.83. The first-order valence-corrected chi connectivity index (χ1v) is 11.1. The molecular weight excluding hydrogens is 459 g/mol. The number of aromatic nitrogens is 2. The highest BCUT2D eigenvalue weighted by Crippen LogP contribution is 2.32. The van der Waals surface area contributed by atoms with Gasteiger partial charge in [0.05, 0.1) is 27.8 Å². The van der Waals surface area contributed by atoms with Crippen LogP contribution in [-0.2, 0) is 19.0 Å². The molecule has 0 bridgehead atoms. The number of anilines is 1. The Labute approximate surface area is 197 Å². The Bertz CT molecular complexity index is 1590. The Morgan fingerprint density at radius 2 is 1.71 bits per heavy atom. The quantitative estimate of drug-likeness (QED) is 0.413. The standard InChI is InChI=1S/C26H20F3N3O3/c27-26(28,29)20-11-4-3-10-19(20)23(33)30-16-7-5-8-17(14-16)32-21-13-12-15-6-1-2-9-18(15)22(21)31-24(34)25(32)35/h3-5,7-8,10-14H,1-2,6,9H2,(H,30,33)(H,31,34). The third-order valence-corrected chi connectivity index (χ3v) is 6.23. The number of hydrogen-bond acceptors (Lipinski definition) is 3. The Morgan fingerprint density at radius 1 is 0.943 bits per heavy atom. The molecular formula is C26H20F3N3O3. The summed E-state index contributed by atoms with van der Waals surface area (Å²) in [6.07, 6.45) is -0.967. The predicted molar refractivity (Wildman–Crippen MR) is 126 cm³/mol. The van der Waals surface area contributed by atoms with E-state index in [0.717, 1.165) is 48.9 Å². The van der Waals surface area contributed by atoms with Crippen LogP contribution in [0.25, 0.3) is 16.7 Å². The summed E-state index contributed by atoms with van der Waals surface area (Å²) >= 11 is 0. The molecule has 178 valence electrons. The van der Waals surface area contributed by atoms with E-state index in [-0.39, 0.29) is 5.69 Å². The molecule has 4 aromatic rings. The van der Waals surface area contributed by atoms with Crippen molar-refractivity contribution >= 4 is 22.6 Å². The van der Waals surface area contributed by atoms with Crippen LogP contribution in [0.4, 0.5) is 18.9 Å². The van der Waals surface area contributed by atoms with E-state index in [1.165, 1.54) is 28.8 Å². The molecule has 0 saturated carbocycles. The zero-order valence-electron chi connectivity index (χ0n) is 18.4. The highest BCUT2D eigenvalue weighted by atomic mass is 19.4. The van der Waals surface area contributed by atoms with Gasteiger partial charge in [0.2, 0.25) is 0 Å². The Kier molecular flexibility index (Phi) is 5.55. The van der Waals surface area contributed by atoms with Crippen LogP contribution in [0, 0.1) is 0 Å². The van der Waals surface area contributed by atoms with Gasteiger partial charge >= 0.3 is 17.3 Å². The van der Waals surface area contributed by atoms with E-state index in [2.05, 4.69) is 10.3 Å². The summed E-state index contributed by atoms with van der Waals surface area (Å²) in [7, 11) is 0. The summed E-state index contributed by atoms with van der Waals surface area (Å²) in [4.78, 5) is 40.8. The van der Waals surface area contributed by atoms with Crippen LogP contribution >= 0.6 is 0 Å². The summed E-state index contributed by atoms with van der Waals surface area (Å²) in [6, 6.07) is 14.3. The van der Waals surface area contributed by atoms with Gasteiger partial charge in [-0.1, -0.05) is 24.3 Å². The molecule has 0 fully saturated rings. The average Bonchev–Trinajstić information content (AvgIpc) is 2.84. The van der Waals surface area contributed by atoms with Crippen molar-refractivity contribution in [1.29, 1.82) is 0 Å². The average molecular weight is 479 g/mol. The van der Waals surface area contributed by atoms with Crippen molar-refractivity contribution in [2.45, 2.75) is 31.9 Å². The SMILES string of the molecule is O=C(Nc1cccc(-n2c(=O)c(=O)[nH]c3c4c(ccc32)CCCC4)c1)c1ccccc1C(F)(F)F. The maximum absolute atomic E-state index is 13.3. The number of alkyl halides is 3. The van der Waals surface area contributed by atoms with E-state index in [1.54, 1.807) is 18.2 Å². The number of H-pyrrole nitrogens is 1. The minimum atomic E-state index is -4.69. The maximum Gasteiger partial charge on any atom is 0.417 e. The minimum Gasteiger partial charge on any atom is -0.322 e. The normalized spacial score (nSPS) is 13.5. The van der Waals surface area contributed by atoms with E-state index in [4.69, 9.17) is 0 Å². The second-order valence-electron chi connectivity index (χ2n) is 8.45. The lowest BCUT2D eigenvalue weighted by molar-refractivity contribution is -0.137. The molecule has 6 nitrogen and oxygen atoms in total. The lowest BCUT2D eigenvalue weighted by Crippen LogP contribution is -2.36. The summed E-state index contributed by atoms with van der Waals surface area (Å²) in [6.45, 7) is 0. The van der Waals surface area contributed by atoms with E-state index >= 15 is 0 Å². The van der Waals surface area contributed by atoms with Gasteiger partial charge in [0, 0.05) is 5.69 Å². The summed E-state index contributed by atoms with van der Waals surface area (Å²) in [5, 5.41) is 2.47. The van der Waals surface area contributed by atoms with Gasteiger partial charge in [0.1, 0.15) is 0 Å². The fraction of sp³-hybridized carbons (Fsp3) is 0.192. The molecule has 1 amide bonds. The van der Waals surface area contributed by atoms with Crippen LogP contribution in [0.15, 0.2) is 70.3 Å². The molecule has 0 atom stereocenters. The van der Waals surface area contributed by atoms with E-state index in [9.17, 15) is 27.6 Å². The zero-order chi connectivity index (χ0) is 24.7. The van der Waals surface area contributed by atoms with Crippen LogP contribution in [0.1, 0.15) is 39.9 Å². The van der Waals surface area contributed by atoms with Gasteiger partial charge in [-0.15, -0.1) is 0 Å². The molecule has 0 radical (unpaired) electrons. The second-order valence-corrected chi connectivity index (χ2v) is 8.45. The van der Waals surface area contributed by atoms with Crippen molar-refractivity contribution in [2.24, 2.45) is 0 Å². The molecule has 0 spiro atoms. The Morgan fingerprint density at radius 3 is 2.51 bits per heavy atom. The first-order valence-electron chi connectivity index (χ1n) is 11.1. The molecule has 0 unspecified atom stereocenters. The van der Waals surface area contributed by atoms with E-state index in [1.807, 2.05) is 6.07 Å². The molecule has 1 aromatic heterocycles. The zero-order valence-corrected chi connectivity index (χ0v) is 18.4. The number of carbonyl (C=O) groups excluding carboxylic acids is 1. The van der Waals surface area contributed by atoms with Crippen LogP contribution in [0.2, 0.25) is 0 Å². The van der Waals surface area contributed by atoms with Crippen molar-refractivity contribution in [1.82, 2.24) is 9.55 Å². The van der Waals surface area contributed by atoms with Gasteiger partial charge in [-0.3, -0.25) is 19.0 Å². The molecule has 5 rings (SSSR count). The monoisotopic (exact) mass is 479 g/mol. The van der Waals surface area contributed by atoms with Crippen molar-refractivity contribution < 1.29 is 18.0 Å². The molecule has 9 heteroatoms. The summed E-state index contributed by atoms with van der Waals surface area (Å²) in [5.74, 6) is -0.938. The summed E-state index contributed by atoms with van der Waals surface area (Å²) in [5.41, 5.74) is 0.616. The van der Waals surface area contributed by atoms with Crippen LogP contribution in [-0.4, -0.2) is 15.5 Å². The number of aromatic amines is 1. The third kappa shape index (κ3) is 4.14. The van der Waals surface area contributed by atoms with E-state index < -0.39 is 34.3 Å². The van der Waals surface area contributed by atoms with Gasteiger partial charge < -0.3 is 10.3 Å². The topological polar surface area (TPSA) is 84.0 Å². The number of benzene rings is 3. The molecule has 1 aliphatic carbocycles. The number of fused-ring (bicyclic) bond motifs is 3. The molecule has 1 heterocycles. The third-order valence-electron chi connectivity index (χ3n) is 6.23. The highest BCUT2D eigenvalue weighted by Gasteiger charge is 2.34. The first kappa shape index (κ1) is 22.6. The van der Waals surface area contributed by atoms with Crippen LogP contribution < -0.4 is 16.4 Å². The molecule has 3 aromatic carbocycles. The molecule has 1 aliphatic rings. The van der Waals surface area contributed by atoms with Gasteiger partial charge in [0.25, 0.3) is 5.91 Å². The fourth-order valence-corrected chi connectivity index (χ4v) is 4.63. The van der Waals surface area contributed by atoms with Gasteiger partial charge in [-0.25, -0.2) is 0 Å². The van der Waals surface area contributed by atoms with Crippen molar-refractivity contribution in [3.8, 4) is 5.69 Å². The number of halogens is 3. The van der Waals surface area contributed by atoms with Crippen LogP contribution in [0.5, 0.6) is 0 Å². The van der Waals surface area contributed by atoms with Crippen LogP contribution in [0.3, 0.4) is 0 Å². The minimum absolute atomic E-state index is 0.183. The number of hydrogen-bond donors (Lipinski definition) is 2. The first-order chi connectivity index (χ1) is 16.7. The smallest absolute Gasteiger partial charge is 0.322 e. The number of nitrogens with one attached hydrogen (secondary N) is 2. The summed E-state index contributed by atoms with van der Waals surface area (Å²) < 4.78 is 41.3. The molecule has 0 saturated heterocycles. The highest BCUT2D eigenvalue weighted by molar-refractivity contribution is 6.05. The number of rotatable bonds is 3. The number of aryl methyl sites for hydroxylation is 2. The van der Waals surface area contributed by atoms with Gasteiger partial charge in [-0.05, 0) is 73.2 Å². The van der Waals surface area contributed by atoms with Crippen molar-refractivity contribution in [3.63, 3.8) is 0 Å².